The van der Waals surface area contributed by atoms with Gasteiger partial charge in [-0.3, -0.25) is 0 Å². The van der Waals surface area contributed by atoms with Crippen LogP contribution in [0.2, 0.25) is 0 Å². The molecule has 0 fully saturated rings. The van der Waals surface area contributed by atoms with Crippen molar-refractivity contribution in [3.63, 3.8) is 0 Å². The maximum absolute atomic E-state index is 10.6. The Kier molecular flexibility index (Phi) is 3.97. The highest BCUT2D eigenvalue weighted by Crippen LogP contribution is 2.20. The first kappa shape index (κ1) is 12.6. The summed E-state index contributed by atoms with van der Waals surface area (Å²) in [5.74, 6) is 0. The van der Waals surface area contributed by atoms with Gasteiger partial charge in [0, 0.05) is 18.8 Å². The van der Waals surface area contributed by atoms with Gasteiger partial charge >= 0.3 is 0 Å². The van der Waals surface area contributed by atoms with Gasteiger partial charge in [-0.1, -0.05) is 48.5 Å². The fraction of sp³-hybridized carbons (Fsp3) is 0.200. The van der Waals surface area contributed by atoms with E-state index in [9.17, 15) is 5.11 Å². The Labute approximate surface area is 107 Å². The van der Waals surface area contributed by atoms with E-state index < -0.39 is 5.60 Å². The van der Waals surface area contributed by atoms with Gasteiger partial charge in [-0.15, -0.1) is 0 Å². The van der Waals surface area contributed by atoms with Gasteiger partial charge in [-0.05, 0) is 17.7 Å². The zero-order valence-corrected chi connectivity index (χ0v) is 10.2. The van der Waals surface area contributed by atoms with Crippen molar-refractivity contribution in [3.8, 4) is 0 Å². The molecule has 0 aliphatic rings. The summed E-state index contributed by atoms with van der Waals surface area (Å²) < 4.78 is 0. The molecule has 3 heteroatoms. The second-order valence-electron chi connectivity index (χ2n) is 4.32. The number of hydrogen-bond donors (Lipinski definition) is 3. The Hall–Kier alpha value is -1.84. The standard InChI is InChI=1S/C15H18N2O/c16-11-15(18,13-7-3-1-4-8-13)12-17-14-9-5-2-6-10-14/h1-10,17-18H,11-12,16H2/t15-/m0/s1. The molecule has 0 saturated carbocycles. The summed E-state index contributed by atoms with van der Waals surface area (Å²) in [5.41, 5.74) is 6.47. The number of anilines is 1. The first-order chi connectivity index (χ1) is 8.74. The predicted molar refractivity (Wildman–Crippen MR) is 74.3 cm³/mol. The van der Waals surface area contributed by atoms with Gasteiger partial charge in [0.05, 0.1) is 0 Å². The first-order valence-corrected chi connectivity index (χ1v) is 6.01. The van der Waals surface area contributed by atoms with Crippen LogP contribution in [0, 0.1) is 0 Å². The van der Waals surface area contributed by atoms with Crippen LogP contribution < -0.4 is 11.1 Å². The predicted octanol–water partition coefficient (Wildman–Crippen LogP) is 1.94. The number of aliphatic hydroxyl groups is 1. The number of nitrogens with two attached hydrogens (primary N) is 1. The lowest BCUT2D eigenvalue weighted by Crippen LogP contribution is -2.41. The van der Waals surface area contributed by atoms with Gasteiger partial charge in [-0.2, -0.15) is 0 Å². The van der Waals surface area contributed by atoms with Crippen molar-refractivity contribution in [2.75, 3.05) is 18.4 Å². The number of para-hydroxylation sites is 1. The summed E-state index contributed by atoms with van der Waals surface area (Å²) in [6.45, 7) is 0.564. The molecule has 0 aliphatic carbocycles. The molecule has 0 amide bonds. The highest BCUT2D eigenvalue weighted by molar-refractivity contribution is 5.43. The average molecular weight is 242 g/mol. The van der Waals surface area contributed by atoms with Gasteiger partial charge in [0.15, 0.2) is 0 Å². The lowest BCUT2D eigenvalue weighted by atomic mass is 9.94. The van der Waals surface area contributed by atoms with Crippen molar-refractivity contribution in [1.29, 1.82) is 0 Å². The highest BCUT2D eigenvalue weighted by Gasteiger charge is 2.26. The van der Waals surface area contributed by atoms with Gasteiger partial charge in [0.1, 0.15) is 5.60 Å². The van der Waals surface area contributed by atoms with Crippen molar-refractivity contribution in [3.05, 3.63) is 66.2 Å². The van der Waals surface area contributed by atoms with Crippen LogP contribution in [-0.2, 0) is 5.60 Å². The maximum atomic E-state index is 10.6. The minimum atomic E-state index is -1.04. The molecule has 0 saturated heterocycles. The van der Waals surface area contributed by atoms with E-state index in [-0.39, 0.29) is 6.54 Å². The Balaban J connectivity index is 2.10. The molecule has 94 valence electrons. The molecule has 18 heavy (non-hydrogen) atoms. The topological polar surface area (TPSA) is 58.3 Å². The summed E-state index contributed by atoms with van der Waals surface area (Å²) in [6, 6.07) is 19.3. The van der Waals surface area contributed by atoms with Crippen LogP contribution in [0.1, 0.15) is 5.56 Å². The van der Waals surface area contributed by atoms with Crippen LogP contribution >= 0.6 is 0 Å². The van der Waals surface area contributed by atoms with Gasteiger partial charge in [-0.25, -0.2) is 0 Å². The molecular weight excluding hydrogens is 224 g/mol. The summed E-state index contributed by atoms with van der Waals surface area (Å²) in [5, 5.41) is 13.8. The minimum Gasteiger partial charge on any atom is -0.382 e. The quantitative estimate of drug-likeness (QED) is 0.751. The van der Waals surface area contributed by atoms with Crippen molar-refractivity contribution in [1.82, 2.24) is 0 Å². The highest BCUT2D eigenvalue weighted by atomic mass is 16.3. The van der Waals surface area contributed by atoms with Crippen LogP contribution in [-0.4, -0.2) is 18.2 Å². The van der Waals surface area contributed by atoms with Crippen LogP contribution in [0.3, 0.4) is 0 Å². The van der Waals surface area contributed by atoms with Gasteiger partial charge in [0.2, 0.25) is 0 Å². The van der Waals surface area contributed by atoms with E-state index in [1.54, 1.807) is 0 Å². The molecule has 0 unspecified atom stereocenters. The molecule has 4 N–H and O–H groups in total. The van der Waals surface area contributed by atoms with E-state index >= 15 is 0 Å². The number of benzene rings is 2. The summed E-state index contributed by atoms with van der Waals surface area (Å²) >= 11 is 0. The van der Waals surface area contributed by atoms with E-state index in [1.165, 1.54) is 0 Å². The van der Waals surface area contributed by atoms with E-state index in [0.29, 0.717) is 6.54 Å². The molecule has 2 rings (SSSR count). The number of hydrogen-bond acceptors (Lipinski definition) is 3. The average Bonchev–Trinajstić information content (AvgIpc) is 2.47. The second kappa shape index (κ2) is 5.67. The molecule has 2 aromatic rings. The third-order valence-corrected chi connectivity index (χ3v) is 3.01. The van der Waals surface area contributed by atoms with E-state index in [4.69, 9.17) is 5.73 Å². The molecule has 0 radical (unpaired) electrons. The van der Waals surface area contributed by atoms with E-state index in [0.717, 1.165) is 11.3 Å². The monoisotopic (exact) mass is 242 g/mol. The van der Waals surface area contributed by atoms with Crippen molar-refractivity contribution >= 4 is 5.69 Å². The minimum absolute atomic E-state index is 0.177. The zero-order chi connectivity index (χ0) is 12.8. The molecular formula is C15H18N2O. The lowest BCUT2D eigenvalue weighted by molar-refractivity contribution is 0.0600. The second-order valence-corrected chi connectivity index (χ2v) is 4.32. The first-order valence-electron chi connectivity index (χ1n) is 6.01. The Morgan fingerprint density at radius 3 is 2.06 bits per heavy atom. The lowest BCUT2D eigenvalue weighted by Gasteiger charge is -2.27. The van der Waals surface area contributed by atoms with Gasteiger partial charge in [0.25, 0.3) is 0 Å². The van der Waals surface area contributed by atoms with Crippen LogP contribution in [0.25, 0.3) is 0 Å². The molecule has 0 aromatic heterocycles. The summed E-state index contributed by atoms with van der Waals surface area (Å²) in [7, 11) is 0. The maximum Gasteiger partial charge on any atom is 0.119 e. The summed E-state index contributed by atoms with van der Waals surface area (Å²) in [6.07, 6.45) is 0. The SMILES string of the molecule is NC[C@](O)(CNc1ccccc1)c1ccccc1. The van der Waals surface area contributed by atoms with Gasteiger partial charge < -0.3 is 16.2 Å². The fourth-order valence-corrected chi connectivity index (χ4v) is 1.84. The molecule has 0 aliphatic heterocycles. The van der Waals surface area contributed by atoms with Crippen molar-refractivity contribution in [2.24, 2.45) is 5.73 Å². The molecule has 2 aromatic carbocycles. The fourth-order valence-electron chi connectivity index (χ4n) is 1.84. The van der Waals surface area contributed by atoms with E-state index in [2.05, 4.69) is 5.32 Å². The molecule has 3 nitrogen and oxygen atoms in total. The molecule has 0 bridgehead atoms. The Morgan fingerprint density at radius 1 is 0.944 bits per heavy atom. The van der Waals surface area contributed by atoms with Crippen LogP contribution in [0.5, 0.6) is 0 Å². The normalized spacial score (nSPS) is 13.9. The largest absolute Gasteiger partial charge is 0.382 e. The van der Waals surface area contributed by atoms with Crippen molar-refractivity contribution in [2.45, 2.75) is 5.60 Å². The number of nitrogens with one attached hydrogen (secondary N) is 1. The molecule has 1 atom stereocenters. The van der Waals surface area contributed by atoms with Crippen LogP contribution in [0.4, 0.5) is 5.69 Å². The smallest absolute Gasteiger partial charge is 0.119 e. The molecule has 0 spiro atoms. The molecule has 0 heterocycles. The zero-order valence-electron chi connectivity index (χ0n) is 10.2. The van der Waals surface area contributed by atoms with Crippen molar-refractivity contribution < 1.29 is 5.11 Å². The number of rotatable bonds is 5. The third-order valence-electron chi connectivity index (χ3n) is 3.01. The van der Waals surface area contributed by atoms with Crippen LogP contribution in [0.15, 0.2) is 60.7 Å². The Bertz CT molecular complexity index is 472. The summed E-state index contributed by atoms with van der Waals surface area (Å²) in [4.78, 5) is 0. The van der Waals surface area contributed by atoms with E-state index in [1.807, 2.05) is 60.7 Å². The Morgan fingerprint density at radius 2 is 1.50 bits per heavy atom. The third kappa shape index (κ3) is 2.88.